The van der Waals surface area contributed by atoms with Crippen molar-refractivity contribution in [1.82, 2.24) is 10.6 Å². The first kappa shape index (κ1) is 21.1. The van der Waals surface area contributed by atoms with Crippen molar-refractivity contribution in [2.75, 3.05) is 20.2 Å². The summed E-state index contributed by atoms with van der Waals surface area (Å²) in [5.74, 6) is -3.35. The van der Waals surface area contributed by atoms with Crippen LogP contribution in [-0.4, -0.2) is 37.3 Å². The lowest BCUT2D eigenvalue weighted by atomic mass is 9.79. The lowest BCUT2D eigenvalue weighted by Crippen LogP contribution is -2.61. The molecule has 0 unspecified atom stereocenters. The van der Waals surface area contributed by atoms with Crippen molar-refractivity contribution in [3.05, 3.63) is 65.2 Å². The topological polar surface area (TPSA) is 70.6 Å². The third kappa shape index (κ3) is 3.90. The van der Waals surface area contributed by atoms with Crippen LogP contribution in [0.4, 0.5) is 8.78 Å². The lowest BCUT2D eigenvalue weighted by molar-refractivity contribution is 0.0287. The van der Waals surface area contributed by atoms with Gasteiger partial charge in [-0.1, -0.05) is 30.3 Å². The number of carbonyl (C=O) groups excluding carboxylic acids is 1. The molecule has 0 aliphatic carbocycles. The molecule has 0 aromatic heterocycles. The van der Waals surface area contributed by atoms with Gasteiger partial charge in [-0.25, -0.2) is 8.78 Å². The second-order valence-electron chi connectivity index (χ2n) is 6.20. The van der Waals surface area contributed by atoms with E-state index in [1.165, 1.54) is 13.2 Å². The zero-order valence-corrected chi connectivity index (χ0v) is 15.5. The zero-order valence-electron chi connectivity index (χ0n) is 14.7. The molecule has 1 aliphatic heterocycles. The minimum Gasteiger partial charge on any atom is -0.496 e. The number of halogens is 3. The van der Waals surface area contributed by atoms with Gasteiger partial charge in [0.15, 0.2) is 11.6 Å². The number of benzene rings is 2. The number of carbonyl (C=O) groups is 1. The van der Waals surface area contributed by atoms with Gasteiger partial charge in [-0.2, -0.15) is 0 Å². The molecule has 2 atom stereocenters. The largest absolute Gasteiger partial charge is 0.496 e. The summed E-state index contributed by atoms with van der Waals surface area (Å²) in [7, 11) is 1.27. The molecular formula is C19H21ClF2N2O3. The highest BCUT2D eigenvalue weighted by molar-refractivity contribution is 5.98. The van der Waals surface area contributed by atoms with Gasteiger partial charge in [0.25, 0.3) is 5.91 Å². The smallest absolute Gasteiger partial charge is 0.258 e. The van der Waals surface area contributed by atoms with Gasteiger partial charge in [-0.15, -0.1) is 12.4 Å². The van der Waals surface area contributed by atoms with Gasteiger partial charge < -0.3 is 20.5 Å². The molecule has 3 N–H and O–H groups in total. The van der Waals surface area contributed by atoms with E-state index in [0.717, 1.165) is 6.07 Å². The number of ether oxygens (including phenoxy) is 1. The molecule has 5 nitrogen and oxygen atoms in total. The number of rotatable bonds is 4. The molecule has 1 saturated heterocycles. The molecule has 8 heteroatoms. The van der Waals surface area contributed by atoms with E-state index >= 15 is 0 Å². The van der Waals surface area contributed by atoms with Gasteiger partial charge in [-0.05, 0) is 30.7 Å². The summed E-state index contributed by atoms with van der Waals surface area (Å²) in [6.45, 7) is 0.812. The number of piperidine rings is 1. The second-order valence-corrected chi connectivity index (χ2v) is 6.20. The number of amides is 1. The van der Waals surface area contributed by atoms with Crippen LogP contribution >= 0.6 is 12.4 Å². The van der Waals surface area contributed by atoms with Gasteiger partial charge in [0.1, 0.15) is 11.3 Å². The summed E-state index contributed by atoms with van der Waals surface area (Å²) in [4.78, 5) is 12.9. The van der Waals surface area contributed by atoms with E-state index in [-0.39, 0.29) is 24.7 Å². The molecule has 1 aliphatic rings. The summed E-state index contributed by atoms with van der Waals surface area (Å²) in [6, 6.07) is 11.1. The number of aliphatic hydroxyl groups is 1. The summed E-state index contributed by atoms with van der Waals surface area (Å²) in [6.07, 6.45) is -0.548. The van der Waals surface area contributed by atoms with Crippen LogP contribution in [-0.2, 0) is 5.54 Å². The van der Waals surface area contributed by atoms with Gasteiger partial charge in [0.05, 0.1) is 18.8 Å². The summed E-state index contributed by atoms with van der Waals surface area (Å²) >= 11 is 0. The maximum atomic E-state index is 14.3. The van der Waals surface area contributed by atoms with Crippen LogP contribution in [0.15, 0.2) is 42.5 Å². The average molecular weight is 399 g/mol. The Hall–Kier alpha value is -2.22. The monoisotopic (exact) mass is 398 g/mol. The summed E-state index contributed by atoms with van der Waals surface area (Å²) in [5, 5.41) is 16.4. The Morgan fingerprint density at radius 1 is 1.26 bits per heavy atom. The summed E-state index contributed by atoms with van der Waals surface area (Å²) < 4.78 is 33.0. The van der Waals surface area contributed by atoms with E-state index in [1.807, 2.05) is 6.07 Å². The Bertz CT molecular complexity index is 807. The highest BCUT2D eigenvalue weighted by Crippen LogP contribution is 2.33. The van der Waals surface area contributed by atoms with Crippen molar-refractivity contribution in [3.63, 3.8) is 0 Å². The Kier molecular flexibility index (Phi) is 6.75. The van der Waals surface area contributed by atoms with Crippen molar-refractivity contribution >= 4 is 18.3 Å². The molecule has 1 fully saturated rings. The van der Waals surface area contributed by atoms with E-state index < -0.39 is 34.7 Å². The van der Waals surface area contributed by atoms with Gasteiger partial charge in [-0.3, -0.25) is 4.79 Å². The molecule has 3 rings (SSSR count). The normalized spacial score (nSPS) is 21.9. The minimum absolute atomic E-state index is 0. The predicted octanol–water partition coefficient (Wildman–Crippen LogP) is 2.37. The third-order valence-electron chi connectivity index (χ3n) is 4.73. The Labute approximate surface area is 162 Å². The first-order valence-electron chi connectivity index (χ1n) is 8.28. The molecular weight excluding hydrogens is 378 g/mol. The molecule has 0 bridgehead atoms. The third-order valence-corrected chi connectivity index (χ3v) is 4.73. The zero-order chi connectivity index (χ0) is 18.7. The fraction of sp³-hybridized carbons (Fsp3) is 0.316. The van der Waals surface area contributed by atoms with Crippen LogP contribution in [0.2, 0.25) is 0 Å². The molecule has 146 valence electrons. The van der Waals surface area contributed by atoms with E-state index in [0.29, 0.717) is 18.5 Å². The van der Waals surface area contributed by atoms with Crippen LogP contribution in [0.3, 0.4) is 0 Å². The fourth-order valence-electron chi connectivity index (χ4n) is 3.34. The Morgan fingerprint density at radius 3 is 2.59 bits per heavy atom. The molecule has 2 aromatic rings. The van der Waals surface area contributed by atoms with Crippen molar-refractivity contribution in [3.8, 4) is 5.75 Å². The van der Waals surface area contributed by atoms with Crippen LogP contribution in [0, 0.1) is 11.6 Å². The maximum Gasteiger partial charge on any atom is 0.258 e. The van der Waals surface area contributed by atoms with Crippen molar-refractivity contribution in [2.24, 2.45) is 0 Å². The van der Waals surface area contributed by atoms with Crippen molar-refractivity contribution in [1.29, 1.82) is 0 Å². The number of hydrogen-bond donors (Lipinski definition) is 3. The number of hydrogen-bond acceptors (Lipinski definition) is 4. The van der Waals surface area contributed by atoms with E-state index in [9.17, 15) is 18.7 Å². The molecule has 27 heavy (non-hydrogen) atoms. The SMILES string of the molecule is COc1ccc(F)c(F)c1C(=O)N[C@]1(c2ccccc2)CCNC[C@H]1O.Cl. The van der Waals surface area contributed by atoms with Crippen LogP contribution in [0.25, 0.3) is 0 Å². The molecule has 1 amide bonds. The molecule has 0 radical (unpaired) electrons. The number of aliphatic hydroxyl groups excluding tert-OH is 1. The van der Waals surface area contributed by atoms with Crippen molar-refractivity contribution < 1.29 is 23.4 Å². The fourth-order valence-corrected chi connectivity index (χ4v) is 3.34. The number of β-amino-alcohol motifs (C(OH)–C–C–N with tert-alkyl or cyclic N) is 1. The quantitative estimate of drug-likeness (QED) is 0.739. The first-order valence-corrected chi connectivity index (χ1v) is 8.28. The number of methoxy groups -OCH3 is 1. The molecule has 0 spiro atoms. The van der Waals surface area contributed by atoms with Crippen molar-refractivity contribution in [2.45, 2.75) is 18.1 Å². The van der Waals surface area contributed by atoms with Gasteiger partial charge in [0, 0.05) is 6.54 Å². The van der Waals surface area contributed by atoms with Gasteiger partial charge >= 0.3 is 0 Å². The predicted molar refractivity (Wildman–Crippen MR) is 99.2 cm³/mol. The van der Waals surface area contributed by atoms with E-state index in [1.54, 1.807) is 24.3 Å². The highest BCUT2D eigenvalue weighted by atomic mass is 35.5. The van der Waals surface area contributed by atoms with E-state index in [4.69, 9.17) is 4.74 Å². The van der Waals surface area contributed by atoms with E-state index in [2.05, 4.69) is 10.6 Å². The van der Waals surface area contributed by atoms with Crippen LogP contribution in [0.1, 0.15) is 22.3 Å². The standard InChI is InChI=1S/C19H20F2N2O3.ClH/c1-26-14-8-7-13(20)17(21)16(14)18(25)23-19(9-10-22-11-15(19)24)12-5-3-2-4-6-12;/h2-8,15,22,24H,9-11H2,1H3,(H,23,25);1H/t15-,19+;/m1./s1. The highest BCUT2D eigenvalue weighted by Gasteiger charge is 2.43. The molecule has 1 heterocycles. The Morgan fingerprint density at radius 2 is 1.96 bits per heavy atom. The minimum atomic E-state index is -1.28. The molecule has 2 aromatic carbocycles. The second kappa shape index (κ2) is 8.65. The van der Waals surface area contributed by atoms with Crippen LogP contribution < -0.4 is 15.4 Å². The first-order chi connectivity index (χ1) is 12.5. The average Bonchev–Trinajstić information content (AvgIpc) is 2.66. The Balaban J connectivity index is 0.00000261. The lowest BCUT2D eigenvalue weighted by Gasteiger charge is -2.43. The number of nitrogens with one attached hydrogen (secondary N) is 2. The molecule has 0 saturated carbocycles. The summed E-state index contributed by atoms with van der Waals surface area (Å²) in [5.41, 5.74) is -0.945. The maximum absolute atomic E-state index is 14.3. The van der Waals surface area contributed by atoms with Crippen LogP contribution in [0.5, 0.6) is 5.75 Å². The van der Waals surface area contributed by atoms with Gasteiger partial charge in [0.2, 0.25) is 0 Å².